The van der Waals surface area contributed by atoms with Crippen LogP contribution >= 0.6 is 46.9 Å². The van der Waals surface area contributed by atoms with Crippen LogP contribution in [0.1, 0.15) is 16.7 Å². The van der Waals surface area contributed by atoms with Gasteiger partial charge in [0.05, 0.1) is 39.3 Å². The van der Waals surface area contributed by atoms with Crippen LogP contribution in [0.3, 0.4) is 0 Å². The predicted octanol–water partition coefficient (Wildman–Crippen LogP) is 5.94. The lowest BCUT2D eigenvalue weighted by atomic mass is 10.1. The molecule has 2 aromatic rings. The molecule has 0 atom stereocenters. The topological polar surface area (TPSA) is 48.8 Å². The van der Waals surface area contributed by atoms with E-state index in [1.807, 2.05) is 4.90 Å². The molecular weight excluding hydrogens is 468 g/mol. The average molecular weight is 493 g/mol. The molecule has 1 heterocycles. The summed E-state index contributed by atoms with van der Waals surface area (Å²) in [4.78, 5) is 4.40. The first-order chi connectivity index (χ1) is 14.4. The summed E-state index contributed by atoms with van der Waals surface area (Å²) >= 11 is 21.0. The fraction of sp³-hybridized carbons (Fsp3) is 0.381. The molecule has 9 heteroatoms. The number of para-hydroxylation sites is 1. The van der Waals surface area contributed by atoms with Gasteiger partial charge in [0.25, 0.3) is 0 Å². The molecule has 0 bridgehead atoms. The molecule has 0 amide bonds. The van der Waals surface area contributed by atoms with Crippen LogP contribution in [0.5, 0.6) is 5.75 Å². The Balaban J connectivity index is 0.00000101. The van der Waals surface area contributed by atoms with E-state index >= 15 is 0 Å². The number of ether oxygens (including phenoxy) is 1. The molecular formula is C21H25Cl4N3O2. The Bertz CT molecular complexity index is 802. The number of hydrogen-bond acceptors (Lipinski definition) is 4. The van der Waals surface area contributed by atoms with Crippen molar-refractivity contribution in [3.8, 4) is 5.75 Å². The molecule has 1 saturated heterocycles. The Kier molecular flexibility index (Phi) is 10.5. The highest BCUT2D eigenvalue weighted by Crippen LogP contribution is 2.26. The Morgan fingerprint density at radius 1 is 0.933 bits per heavy atom. The monoisotopic (exact) mass is 491 g/mol. The zero-order valence-electron chi connectivity index (χ0n) is 16.9. The summed E-state index contributed by atoms with van der Waals surface area (Å²) in [5.41, 5.74) is 2.96. The number of nitrogens with zero attached hydrogens (tertiary/aromatic N) is 2. The van der Waals surface area contributed by atoms with Gasteiger partial charge >= 0.3 is 0 Å². The van der Waals surface area contributed by atoms with E-state index in [0.29, 0.717) is 28.1 Å². The molecule has 2 aromatic carbocycles. The Labute approximate surface area is 198 Å². The third-order valence-electron chi connectivity index (χ3n) is 4.95. The van der Waals surface area contributed by atoms with Crippen LogP contribution in [0.2, 0.25) is 10.0 Å². The maximum absolute atomic E-state index is 8.48. The third kappa shape index (κ3) is 6.91. The third-order valence-corrected chi connectivity index (χ3v) is 5.58. The molecule has 164 valence electrons. The zero-order chi connectivity index (χ0) is 22.1. The minimum absolute atomic E-state index is 0.400. The highest BCUT2D eigenvalue weighted by atomic mass is 35.6. The van der Waals surface area contributed by atoms with E-state index in [2.05, 4.69) is 64.5 Å². The van der Waals surface area contributed by atoms with Crippen molar-refractivity contribution in [2.75, 3.05) is 39.3 Å². The maximum atomic E-state index is 8.48. The molecule has 5 nitrogen and oxygen atoms in total. The van der Waals surface area contributed by atoms with Gasteiger partial charge in [0.15, 0.2) is 0 Å². The summed E-state index contributed by atoms with van der Waals surface area (Å²) in [6, 6.07) is 11.6. The van der Waals surface area contributed by atoms with Crippen LogP contribution < -0.4 is 4.74 Å². The fourth-order valence-corrected chi connectivity index (χ4v) is 3.96. The van der Waals surface area contributed by atoms with E-state index < -0.39 is 0 Å². The van der Waals surface area contributed by atoms with Crippen LogP contribution in [-0.4, -0.2) is 55.0 Å². The molecule has 30 heavy (non-hydrogen) atoms. The summed E-state index contributed by atoms with van der Waals surface area (Å²) in [6.45, 7) is 9.04. The number of nitrogens with one attached hydrogen (secondary N) is 1. The minimum Gasteiger partial charge on any atom is -0.492 e. The van der Waals surface area contributed by atoms with Gasteiger partial charge < -0.3 is 9.64 Å². The molecule has 0 aromatic heterocycles. The lowest BCUT2D eigenvalue weighted by Crippen LogP contribution is -2.49. The summed E-state index contributed by atoms with van der Waals surface area (Å²) in [7, 11) is 0. The van der Waals surface area contributed by atoms with Crippen LogP contribution in [0.15, 0.2) is 36.4 Å². The summed E-state index contributed by atoms with van der Waals surface area (Å²) < 4.78 is 9.21. The highest BCUT2D eigenvalue weighted by Gasteiger charge is 2.22. The smallest absolute Gasteiger partial charge is 0.131 e. The predicted molar refractivity (Wildman–Crippen MR) is 126 cm³/mol. The zero-order valence-corrected chi connectivity index (χ0v) is 20.0. The van der Waals surface area contributed by atoms with E-state index in [1.165, 1.54) is 11.1 Å². The van der Waals surface area contributed by atoms with Gasteiger partial charge in [-0.15, -0.1) is 0 Å². The quantitative estimate of drug-likeness (QED) is 0.414. The molecule has 1 aliphatic rings. The molecule has 1 fully saturated rings. The molecule has 0 saturated carbocycles. The van der Waals surface area contributed by atoms with E-state index in [0.717, 1.165) is 38.5 Å². The number of hydrogen-bond donors (Lipinski definition) is 1. The molecule has 1 N–H and O–H groups in total. The van der Waals surface area contributed by atoms with Crippen molar-refractivity contribution < 1.29 is 8.58 Å². The van der Waals surface area contributed by atoms with Crippen molar-refractivity contribution in [3.05, 3.63) is 63.1 Å². The number of piperazine rings is 1. The van der Waals surface area contributed by atoms with Gasteiger partial charge in [-0.25, -0.2) is 0 Å². The molecule has 0 radical (unpaired) electrons. The van der Waals surface area contributed by atoms with E-state index in [4.69, 9.17) is 33.3 Å². The first-order valence-electron chi connectivity index (χ1n) is 9.47. The Hall–Kier alpha value is -1.21. The van der Waals surface area contributed by atoms with Gasteiger partial charge in [-0.05, 0) is 37.1 Å². The minimum atomic E-state index is 0.400. The van der Waals surface area contributed by atoms with Crippen molar-refractivity contribution in [1.29, 1.82) is 5.41 Å². The number of aryl methyl sites for hydroxylation is 2. The molecule has 1 aliphatic heterocycles. The standard InChI is InChI=1S/C21H25Cl2N3O.Cl2O/c1-15-5-3-6-16(2)20(15)27-14-13-25-9-11-26(12-10-25)21(24)19-17(22)7-4-8-18(19)23;1-3-2/h3-8,24H,9-14H2,1-2H3;. The lowest BCUT2D eigenvalue weighted by molar-refractivity contribution is 0.153. The highest BCUT2D eigenvalue weighted by molar-refractivity contribution is 6.39. The van der Waals surface area contributed by atoms with E-state index in [1.54, 1.807) is 18.2 Å². The second-order valence-corrected chi connectivity index (χ2v) is 8.18. The molecule has 0 spiro atoms. The normalized spacial score (nSPS) is 14.1. The lowest BCUT2D eigenvalue weighted by Gasteiger charge is -2.36. The van der Waals surface area contributed by atoms with Gasteiger partial charge in [-0.2, -0.15) is 3.84 Å². The summed E-state index contributed by atoms with van der Waals surface area (Å²) in [5.74, 6) is 1.39. The average Bonchev–Trinajstić information content (AvgIpc) is 2.71. The van der Waals surface area contributed by atoms with Gasteiger partial charge in [0, 0.05) is 32.7 Å². The maximum Gasteiger partial charge on any atom is 0.131 e. The van der Waals surface area contributed by atoms with Crippen molar-refractivity contribution in [2.45, 2.75) is 13.8 Å². The van der Waals surface area contributed by atoms with E-state index in [9.17, 15) is 0 Å². The van der Waals surface area contributed by atoms with Gasteiger partial charge in [-0.3, -0.25) is 10.3 Å². The number of amidine groups is 1. The van der Waals surface area contributed by atoms with Crippen molar-refractivity contribution in [2.24, 2.45) is 0 Å². The van der Waals surface area contributed by atoms with Crippen molar-refractivity contribution >= 4 is 52.8 Å². The second-order valence-electron chi connectivity index (χ2n) is 6.90. The van der Waals surface area contributed by atoms with Crippen LogP contribution in [0, 0.1) is 19.3 Å². The Morgan fingerprint density at radius 3 is 1.97 bits per heavy atom. The first kappa shape index (κ1) is 25.1. The second kappa shape index (κ2) is 12.6. The number of halogens is 4. The SMILES string of the molecule is Cc1cccc(C)c1OCCN1CCN(C(=N)c2c(Cl)cccc2Cl)CC1.ClOCl. The number of benzene rings is 2. The molecule has 0 aliphatic carbocycles. The summed E-state index contributed by atoms with van der Waals surface area (Å²) in [6.07, 6.45) is 0. The van der Waals surface area contributed by atoms with Crippen LogP contribution in [0.4, 0.5) is 0 Å². The van der Waals surface area contributed by atoms with Gasteiger partial charge in [0.2, 0.25) is 0 Å². The number of rotatable bonds is 5. The fourth-order valence-electron chi connectivity index (χ4n) is 3.38. The molecule has 0 unspecified atom stereocenters. The van der Waals surface area contributed by atoms with Crippen molar-refractivity contribution in [3.63, 3.8) is 0 Å². The van der Waals surface area contributed by atoms with Gasteiger partial charge in [0.1, 0.15) is 18.2 Å². The summed E-state index contributed by atoms with van der Waals surface area (Å²) in [5, 5.41) is 9.53. The van der Waals surface area contributed by atoms with Crippen LogP contribution in [0.25, 0.3) is 0 Å². The van der Waals surface area contributed by atoms with E-state index in [-0.39, 0.29) is 0 Å². The first-order valence-corrected chi connectivity index (χ1v) is 10.8. The van der Waals surface area contributed by atoms with Crippen molar-refractivity contribution in [1.82, 2.24) is 9.80 Å². The van der Waals surface area contributed by atoms with Gasteiger partial charge in [-0.1, -0.05) is 47.5 Å². The molecule has 3 rings (SSSR count). The largest absolute Gasteiger partial charge is 0.492 e. The van der Waals surface area contributed by atoms with Crippen LogP contribution in [-0.2, 0) is 3.84 Å². The Morgan fingerprint density at radius 2 is 1.43 bits per heavy atom.